The van der Waals surface area contributed by atoms with E-state index in [1.807, 2.05) is 0 Å². The van der Waals surface area contributed by atoms with Gasteiger partial charge in [0.25, 0.3) is 5.91 Å². The van der Waals surface area contributed by atoms with Gasteiger partial charge in [-0.05, 0) is 18.2 Å². The molecular weight excluding hydrogens is 335 g/mol. The number of carbonyl (C=O) groups is 1. The van der Waals surface area contributed by atoms with Gasteiger partial charge in [0.2, 0.25) is 0 Å². The Morgan fingerprint density at radius 2 is 1.92 bits per heavy atom. The van der Waals surface area contributed by atoms with Crippen molar-refractivity contribution < 1.29 is 13.9 Å². The van der Waals surface area contributed by atoms with Gasteiger partial charge in [-0.1, -0.05) is 6.07 Å². The minimum Gasteiger partial charge on any atom is -0.431 e. The fourth-order valence-electron chi connectivity index (χ4n) is 3.47. The number of pyridine rings is 1. The third-order valence-corrected chi connectivity index (χ3v) is 5.16. The number of aliphatic hydroxyl groups is 2. The Kier molecular flexibility index (Phi) is 4.57. The van der Waals surface area contributed by atoms with Gasteiger partial charge < -0.3 is 15.4 Å². The molecule has 0 spiro atoms. The average Bonchev–Trinajstić information content (AvgIpc) is 2.61. The lowest BCUT2D eigenvalue weighted by atomic mass is 10.0. The third-order valence-electron chi connectivity index (χ3n) is 5.16. The van der Waals surface area contributed by atoms with Gasteiger partial charge in [0.15, 0.2) is 13.2 Å². The highest BCUT2D eigenvalue weighted by Gasteiger charge is 2.34. The molecular formula is C19H22FN4O2+. The molecule has 0 radical (unpaired) electrons. The van der Waals surface area contributed by atoms with Crippen molar-refractivity contribution in [2.45, 2.75) is 6.04 Å². The lowest BCUT2D eigenvalue weighted by Crippen LogP contribution is -2.58. The zero-order valence-corrected chi connectivity index (χ0v) is 14.4. The van der Waals surface area contributed by atoms with Gasteiger partial charge in [0.05, 0.1) is 11.9 Å². The second-order valence-electron chi connectivity index (χ2n) is 6.73. The normalized spacial score (nSPS) is 18.6. The zero-order valence-electron chi connectivity index (χ0n) is 14.4. The molecule has 2 saturated heterocycles. The number of nitrogen functional groups attached to an aromatic ring is 1. The first-order valence-corrected chi connectivity index (χ1v) is 8.79. The summed E-state index contributed by atoms with van der Waals surface area (Å²) in [5, 5.41) is 0. The van der Waals surface area contributed by atoms with Gasteiger partial charge in [0, 0.05) is 49.1 Å². The summed E-state index contributed by atoms with van der Waals surface area (Å²) in [4.78, 5) is 20.8. The maximum atomic E-state index is 14.6. The molecule has 26 heavy (non-hydrogen) atoms. The molecule has 0 unspecified atom stereocenters. The van der Waals surface area contributed by atoms with E-state index in [4.69, 9.17) is 5.73 Å². The molecule has 2 fully saturated rings. The van der Waals surface area contributed by atoms with E-state index in [0.29, 0.717) is 41.5 Å². The Morgan fingerprint density at radius 1 is 1.15 bits per heavy atom. The van der Waals surface area contributed by atoms with Crippen molar-refractivity contribution in [2.24, 2.45) is 0 Å². The molecule has 4 rings (SSSR count). The molecule has 0 bridgehead atoms. The molecule has 2 aromatic rings. The van der Waals surface area contributed by atoms with Gasteiger partial charge in [0.1, 0.15) is 11.9 Å². The summed E-state index contributed by atoms with van der Waals surface area (Å²) in [6.07, 6.45) is 3.06. The summed E-state index contributed by atoms with van der Waals surface area (Å²) in [7, 11) is 0. The van der Waals surface area contributed by atoms with Crippen molar-refractivity contribution in [3.63, 3.8) is 0 Å². The highest BCUT2D eigenvalue weighted by Crippen LogP contribution is 2.28. The van der Waals surface area contributed by atoms with Gasteiger partial charge >= 0.3 is 0 Å². The Balaban J connectivity index is 1.47. The smallest absolute Gasteiger partial charge is 0.254 e. The largest absolute Gasteiger partial charge is 0.431 e. The summed E-state index contributed by atoms with van der Waals surface area (Å²) in [6, 6.07) is 6.78. The van der Waals surface area contributed by atoms with E-state index in [2.05, 4.69) is 14.6 Å². The van der Waals surface area contributed by atoms with Gasteiger partial charge in [-0.25, -0.2) is 4.39 Å². The van der Waals surface area contributed by atoms with Crippen molar-refractivity contribution in [3.8, 4) is 11.1 Å². The standard InChI is InChI=1S/C19H21FN4O2/c20-17-9-13(1-2-15(17)16-3-4-22-10-18(16)21)19(25)24-7-5-23(6-8-24)14-11-26-12-14/h1-4,9-10,14H,5-8,11-12,21H2/p+1. The highest BCUT2D eigenvalue weighted by atomic mass is 19.1. The number of halogens is 1. The minimum atomic E-state index is -0.455. The second-order valence-corrected chi connectivity index (χ2v) is 6.73. The van der Waals surface area contributed by atoms with Crippen LogP contribution < -0.4 is 5.73 Å². The number of aromatic nitrogens is 1. The van der Waals surface area contributed by atoms with Crippen LogP contribution in [0.15, 0.2) is 36.7 Å². The average molecular weight is 357 g/mol. The number of hydrogen-bond donors (Lipinski definition) is 1. The fourth-order valence-corrected chi connectivity index (χ4v) is 3.47. The van der Waals surface area contributed by atoms with Gasteiger partial charge in [-0.15, -0.1) is 0 Å². The Hall–Kier alpha value is -2.51. The van der Waals surface area contributed by atoms with Crippen LogP contribution in [0.5, 0.6) is 0 Å². The van der Waals surface area contributed by atoms with Crippen molar-refractivity contribution in [3.05, 3.63) is 48.0 Å². The van der Waals surface area contributed by atoms with E-state index in [1.165, 1.54) is 12.3 Å². The molecule has 3 heterocycles. The first-order valence-electron chi connectivity index (χ1n) is 8.79. The van der Waals surface area contributed by atoms with E-state index in [1.54, 1.807) is 29.3 Å². The number of rotatable bonds is 3. The molecule has 1 aromatic carbocycles. The fraction of sp³-hybridized carbons (Fsp3) is 0.368. The number of piperazine rings is 1. The van der Waals surface area contributed by atoms with Crippen LogP contribution in [0.2, 0.25) is 0 Å². The quantitative estimate of drug-likeness (QED) is 0.836. The van der Waals surface area contributed by atoms with Crippen molar-refractivity contribution in [1.82, 2.24) is 14.8 Å². The summed E-state index contributed by atoms with van der Waals surface area (Å²) < 4.78 is 18.8. The highest BCUT2D eigenvalue weighted by molar-refractivity contribution is 5.95. The number of carbonyl (C=O) groups excluding carboxylic acids is 1. The number of anilines is 1. The van der Waals surface area contributed by atoms with E-state index in [9.17, 15) is 9.18 Å². The lowest BCUT2D eigenvalue weighted by molar-refractivity contribution is -0.187. The monoisotopic (exact) mass is 357 g/mol. The summed E-state index contributed by atoms with van der Waals surface area (Å²) >= 11 is 0. The number of hydrogen-bond acceptors (Lipinski definition) is 4. The Bertz CT molecular complexity index is 817. The summed E-state index contributed by atoms with van der Waals surface area (Å²) in [6.45, 7) is 4.82. The molecule has 7 heteroatoms. The molecule has 0 aliphatic carbocycles. The van der Waals surface area contributed by atoms with Gasteiger partial charge in [-0.2, -0.15) is 0 Å². The predicted octanol–water partition coefficient (Wildman–Crippen LogP) is 1.14. The number of benzene rings is 1. The second kappa shape index (κ2) is 7.01. The van der Waals surface area contributed by atoms with E-state index < -0.39 is 5.82 Å². The molecule has 6 nitrogen and oxygen atoms in total. The maximum absolute atomic E-state index is 14.6. The molecule has 1 aromatic heterocycles. The molecule has 1 amide bonds. The number of nitrogens with two attached hydrogens (primary N) is 1. The van der Waals surface area contributed by atoms with E-state index >= 15 is 0 Å². The van der Waals surface area contributed by atoms with Crippen LogP contribution >= 0.6 is 0 Å². The molecule has 2 aliphatic rings. The Labute approximate surface area is 151 Å². The number of nitrogens with zero attached hydrogens (tertiary/aromatic N) is 3. The SMILES string of the molecule is Nc1cnccc1-c1ccc(C(=O)N2CCN(C3C[OH+]C3)CC2)cc1F. The van der Waals surface area contributed by atoms with Crippen molar-refractivity contribution in [1.29, 1.82) is 0 Å². The van der Waals surface area contributed by atoms with E-state index in [0.717, 1.165) is 26.3 Å². The van der Waals surface area contributed by atoms with Crippen LogP contribution in [-0.4, -0.2) is 70.9 Å². The summed E-state index contributed by atoms with van der Waals surface area (Å²) in [5.41, 5.74) is 7.60. The van der Waals surface area contributed by atoms with Crippen LogP contribution in [0.1, 0.15) is 10.4 Å². The molecule has 0 atom stereocenters. The first-order chi connectivity index (χ1) is 12.6. The van der Waals surface area contributed by atoms with Crippen LogP contribution in [0.4, 0.5) is 10.1 Å². The summed E-state index contributed by atoms with van der Waals surface area (Å²) in [5.74, 6) is -0.584. The third kappa shape index (κ3) is 3.15. The molecule has 136 valence electrons. The topological polar surface area (TPSA) is 75.3 Å². The number of amides is 1. The molecule has 2 aliphatic heterocycles. The van der Waals surface area contributed by atoms with Gasteiger partial charge in [-0.3, -0.25) is 14.7 Å². The van der Waals surface area contributed by atoms with Crippen molar-refractivity contribution in [2.75, 3.05) is 45.1 Å². The maximum Gasteiger partial charge on any atom is 0.254 e. The van der Waals surface area contributed by atoms with E-state index in [-0.39, 0.29) is 5.91 Å². The molecule has 0 saturated carbocycles. The van der Waals surface area contributed by atoms with Crippen LogP contribution in [0.25, 0.3) is 11.1 Å². The van der Waals surface area contributed by atoms with Crippen LogP contribution in [-0.2, 0) is 0 Å². The predicted molar refractivity (Wildman–Crippen MR) is 97.3 cm³/mol. The van der Waals surface area contributed by atoms with Crippen LogP contribution in [0, 0.1) is 5.82 Å². The first kappa shape index (κ1) is 16.9. The van der Waals surface area contributed by atoms with Crippen molar-refractivity contribution >= 4 is 11.6 Å². The Morgan fingerprint density at radius 3 is 2.54 bits per heavy atom. The zero-order chi connectivity index (χ0) is 18.1. The minimum absolute atomic E-state index is 0.129. The molecule has 3 N–H and O–H groups in total. The number of ether oxygens (including phenoxy) is 1. The lowest BCUT2D eigenvalue weighted by Gasteiger charge is -2.40. The van der Waals surface area contributed by atoms with Crippen LogP contribution in [0.3, 0.4) is 0 Å².